The van der Waals surface area contributed by atoms with Crippen molar-refractivity contribution in [3.05, 3.63) is 114 Å². The molecule has 0 unspecified atom stereocenters. The van der Waals surface area contributed by atoms with E-state index >= 15 is 0 Å². The third-order valence-electron chi connectivity index (χ3n) is 9.94. The first-order valence-corrected chi connectivity index (χ1v) is 16.6. The zero-order chi connectivity index (χ0) is 30.1. The number of hydrogen-bond acceptors (Lipinski definition) is 2. The third-order valence-corrected chi connectivity index (χ3v) is 11.0. The van der Waals surface area contributed by atoms with Gasteiger partial charge in [-0.25, -0.2) is 0 Å². The zero-order valence-electron chi connectivity index (χ0n) is 26.2. The van der Waals surface area contributed by atoms with E-state index in [1.807, 2.05) is 11.3 Å². The van der Waals surface area contributed by atoms with Crippen LogP contribution in [0.4, 0.5) is 17.1 Å². The van der Waals surface area contributed by atoms with E-state index in [0.29, 0.717) is 0 Å². The molecule has 9 rings (SSSR count). The van der Waals surface area contributed by atoms with Gasteiger partial charge in [-0.15, -0.1) is 11.3 Å². The van der Waals surface area contributed by atoms with Gasteiger partial charge in [-0.1, -0.05) is 108 Å². The summed E-state index contributed by atoms with van der Waals surface area (Å²) in [7, 11) is 0. The molecule has 0 aliphatic carbocycles. The number of benzene rings is 5. The second-order valence-corrected chi connectivity index (χ2v) is 15.6. The summed E-state index contributed by atoms with van der Waals surface area (Å²) in [4.78, 5) is 3.92. The van der Waals surface area contributed by atoms with Gasteiger partial charge < -0.3 is 9.38 Å². The second kappa shape index (κ2) is 8.67. The second-order valence-electron chi connectivity index (χ2n) is 14.7. The molecule has 0 amide bonds. The minimum atomic E-state index is 0.0445. The largest absolute Gasteiger partial charge is 0.375 e. The lowest BCUT2D eigenvalue weighted by atomic mass is 9.46. The van der Waals surface area contributed by atoms with Gasteiger partial charge in [-0.3, -0.25) is 0 Å². The summed E-state index contributed by atoms with van der Waals surface area (Å²) in [6.45, 7) is 13.9. The molecule has 4 heterocycles. The molecule has 7 aromatic rings. The maximum absolute atomic E-state index is 2.68. The van der Waals surface area contributed by atoms with Crippen LogP contribution in [0.3, 0.4) is 0 Å². The number of aromatic nitrogens is 1. The fraction of sp³-hybridized carbons (Fsp3) is 0.200. The molecule has 0 spiro atoms. The molecule has 0 radical (unpaired) electrons. The Morgan fingerprint density at radius 2 is 1.34 bits per heavy atom. The van der Waals surface area contributed by atoms with Gasteiger partial charge in [0, 0.05) is 49.0 Å². The van der Waals surface area contributed by atoms with Crippen LogP contribution in [-0.2, 0) is 10.8 Å². The van der Waals surface area contributed by atoms with Gasteiger partial charge in [0.2, 0.25) is 0 Å². The molecule has 0 bridgehead atoms. The summed E-state index contributed by atoms with van der Waals surface area (Å²) in [5.41, 5.74) is 13.5. The van der Waals surface area contributed by atoms with Crippen LogP contribution in [0.15, 0.2) is 102 Å². The average Bonchev–Trinajstić information content (AvgIpc) is 3.59. The molecule has 0 fully saturated rings. The van der Waals surface area contributed by atoms with Crippen LogP contribution in [0.25, 0.3) is 43.0 Å². The minimum Gasteiger partial charge on any atom is -0.375 e. The Kier molecular flexibility index (Phi) is 5.15. The minimum absolute atomic E-state index is 0.0445. The monoisotopic (exact) mass is 586 g/mol. The normalized spacial score (nSPS) is 14.0. The van der Waals surface area contributed by atoms with Gasteiger partial charge in [0.05, 0.1) is 5.69 Å². The fourth-order valence-corrected chi connectivity index (χ4v) is 8.79. The molecular weight excluding hydrogens is 551 g/mol. The Morgan fingerprint density at radius 1 is 0.659 bits per heavy atom. The van der Waals surface area contributed by atoms with E-state index in [0.717, 1.165) is 0 Å². The van der Waals surface area contributed by atoms with Crippen molar-refractivity contribution in [1.29, 1.82) is 0 Å². The summed E-state index contributed by atoms with van der Waals surface area (Å²) in [6.07, 6.45) is 0. The van der Waals surface area contributed by atoms with E-state index in [-0.39, 0.29) is 17.7 Å². The van der Waals surface area contributed by atoms with Crippen molar-refractivity contribution < 1.29 is 0 Å². The van der Waals surface area contributed by atoms with Crippen LogP contribution < -0.4 is 15.8 Å². The van der Waals surface area contributed by atoms with Crippen molar-refractivity contribution in [1.82, 2.24) is 4.48 Å². The first-order chi connectivity index (χ1) is 21.1. The molecular formula is C40H35BN2S. The lowest BCUT2D eigenvalue weighted by Crippen LogP contribution is -2.56. The Balaban J connectivity index is 1.41. The molecule has 2 aliphatic heterocycles. The van der Waals surface area contributed by atoms with E-state index in [4.69, 9.17) is 0 Å². The predicted octanol–water partition coefficient (Wildman–Crippen LogP) is 10.0. The summed E-state index contributed by atoms with van der Waals surface area (Å²) in [6, 6.07) is 36.9. The van der Waals surface area contributed by atoms with Crippen LogP contribution in [0.5, 0.6) is 0 Å². The van der Waals surface area contributed by atoms with Crippen LogP contribution in [0.1, 0.15) is 52.7 Å². The summed E-state index contributed by atoms with van der Waals surface area (Å²) in [5, 5.41) is 7.76. The Hall–Kier alpha value is -4.28. The standard InChI is InChI=1S/C40H35BN2S/c1-39(2,3)25-15-18-27(19-16-25)42-33-20-17-26(40(4,5)6)22-31(33)41-36-34(42)23-44-38(36)30-21-24-11-7-8-12-28(24)35-29-13-9-10-14-32(29)43(41)37(30)35/h7-23H,1-6H3. The smallest absolute Gasteiger partial charge is 0.333 e. The van der Waals surface area contributed by atoms with E-state index in [1.165, 1.54) is 82.1 Å². The van der Waals surface area contributed by atoms with Crippen LogP contribution >= 0.6 is 11.3 Å². The van der Waals surface area contributed by atoms with E-state index < -0.39 is 0 Å². The first-order valence-electron chi connectivity index (χ1n) is 15.7. The van der Waals surface area contributed by atoms with Gasteiger partial charge in [-0.05, 0) is 74.0 Å². The maximum Gasteiger partial charge on any atom is 0.333 e. The molecule has 214 valence electrons. The number of hydrogen-bond donors (Lipinski definition) is 0. The number of fused-ring (bicyclic) bond motifs is 9. The molecule has 0 atom stereocenters. The van der Waals surface area contributed by atoms with Crippen molar-refractivity contribution in [2.24, 2.45) is 0 Å². The van der Waals surface area contributed by atoms with Crippen molar-refractivity contribution in [3.63, 3.8) is 0 Å². The van der Waals surface area contributed by atoms with Gasteiger partial charge in [0.15, 0.2) is 0 Å². The van der Waals surface area contributed by atoms with Crippen LogP contribution in [0.2, 0.25) is 0 Å². The van der Waals surface area contributed by atoms with Gasteiger partial charge in [-0.2, -0.15) is 0 Å². The Morgan fingerprint density at radius 3 is 2.09 bits per heavy atom. The highest BCUT2D eigenvalue weighted by molar-refractivity contribution is 7.17. The topological polar surface area (TPSA) is 8.17 Å². The molecule has 2 nitrogen and oxygen atoms in total. The summed E-state index contributed by atoms with van der Waals surface area (Å²) in [5.74, 6) is 0. The lowest BCUT2D eigenvalue weighted by molar-refractivity contribution is 0.590. The molecule has 0 saturated heterocycles. The average molecular weight is 587 g/mol. The quantitative estimate of drug-likeness (QED) is 0.174. The van der Waals surface area contributed by atoms with Crippen molar-refractivity contribution in [2.45, 2.75) is 52.4 Å². The number of para-hydroxylation sites is 1. The molecule has 2 aromatic heterocycles. The van der Waals surface area contributed by atoms with Crippen molar-refractivity contribution in [2.75, 3.05) is 4.90 Å². The number of nitrogens with zero attached hydrogens (tertiary/aromatic N) is 2. The van der Waals surface area contributed by atoms with Crippen molar-refractivity contribution >= 4 is 78.8 Å². The first kappa shape index (κ1) is 26.2. The number of anilines is 3. The van der Waals surface area contributed by atoms with Gasteiger partial charge in [0.25, 0.3) is 0 Å². The van der Waals surface area contributed by atoms with E-state index in [9.17, 15) is 0 Å². The highest BCUT2D eigenvalue weighted by Crippen LogP contribution is 2.49. The highest BCUT2D eigenvalue weighted by atomic mass is 32.1. The third kappa shape index (κ3) is 3.43. The molecule has 44 heavy (non-hydrogen) atoms. The predicted molar refractivity (Wildman–Crippen MR) is 193 cm³/mol. The van der Waals surface area contributed by atoms with Gasteiger partial charge in [0.1, 0.15) is 0 Å². The van der Waals surface area contributed by atoms with Crippen LogP contribution in [-0.4, -0.2) is 11.3 Å². The lowest BCUT2D eigenvalue weighted by Gasteiger charge is -2.39. The fourth-order valence-electron chi connectivity index (χ4n) is 7.71. The number of rotatable bonds is 1. The number of thiophene rings is 1. The maximum atomic E-state index is 2.68. The highest BCUT2D eigenvalue weighted by Gasteiger charge is 2.44. The molecule has 0 N–H and O–H groups in total. The molecule has 0 saturated carbocycles. The molecule has 2 aliphatic rings. The Labute approximate surface area is 263 Å². The van der Waals surface area contributed by atoms with Crippen LogP contribution in [0, 0.1) is 0 Å². The van der Waals surface area contributed by atoms with Crippen molar-refractivity contribution in [3.8, 4) is 10.4 Å². The van der Waals surface area contributed by atoms with Gasteiger partial charge >= 0.3 is 6.85 Å². The zero-order valence-corrected chi connectivity index (χ0v) is 27.0. The Bertz CT molecular complexity index is 2310. The molecule has 5 aromatic carbocycles. The summed E-state index contributed by atoms with van der Waals surface area (Å²) < 4.78 is 2.68. The summed E-state index contributed by atoms with van der Waals surface area (Å²) >= 11 is 1.91. The van der Waals surface area contributed by atoms with E-state index in [1.54, 1.807) is 0 Å². The molecule has 4 heteroatoms. The SMILES string of the molecule is CC(C)(C)c1ccc(N2c3ccc(C(C)(C)C)cc3B3c4c2csc4-c2cc4ccccc4c4c5ccccc5n3c24)cc1. The van der Waals surface area contributed by atoms with E-state index in [2.05, 4.69) is 153 Å².